The van der Waals surface area contributed by atoms with Gasteiger partial charge in [0.2, 0.25) is 0 Å². The van der Waals surface area contributed by atoms with Crippen LogP contribution in [0.15, 0.2) is 72.9 Å². The number of nitrogens with zero attached hydrogens (tertiary/aromatic N) is 3. The summed E-state index contributed by atoms with van der Waals surface area (Å²) in [5.74, 6) is -0.127. The second kappa shape index (κ2) is 7.47. The van der Waals surface area contributed by atoms with E-state index in [0.717, 1.165) is 17.3 Å². The molecule has 0 aliphatic heterocycles. The van der Waals surface area contributed by atoms with Gasteiger partial charge in [-0.2, -0.15) is 0 Å². The largest absolute Gasteiger partial charge is 0.307 e. The Hall–Kier alpha value is -4.13. The first-order valence-electron chi connectivity index (χ1n) is 8.90. The molecule has 0 unspecified atom stereocenters. The topological polar surface area (TPSA) is 98.0 Å². The van der Waals surface area contributed by atoms with Crippen LogP contribution in [0.2, 0.25) is 0 Å². The molecule has 7 nitrogen and oxygen atoms in total. The Balaban J connectivity index is 1.75. The number of hydrogen-bond acceptors (Lipinski definition) is 5. The first-order chi connectivity index (χ1) is 14.0. The maximum absolute atomic E-state index is 13.0. The van der Waals surface area contributed by atoms with Gasteiger partial charge in [-0.3, -0.25) is 14.9 Å². The number of carbonyl (C=O) groups excluding carboxylic acids is 1. The average molecular weight is 384 g/mol. The number of benzene rings is 2. The number of carbonyl (C=O) groups is 1. The number of para-hydroxylation sites is 1. The Morgan fingerprint density at radius 3 is 2.59 bits per heavy atom. The van der Waals surface area contributed by atoms with Crippen LogP contribution in [-0.2, 0) is 0 Å². The highest BCUT2D eigenvalue weighted by Gasteiger charge is 2.15. The van der Waals surface area contributed by atoms with Crippen LogP contribution in [0, 0.1) is 17.0 Å². The van der Waals surface area contributed by atoms with Crippen LogP contribution < -0.4 is 5.32 Å². The van der Waals surface area contributed by atoms with E-state index >= 15 is 0 Å². The summed E-state index contributed by atoms with van der Waals surface area (Å²) in [6.45, 7) is 2.00. The maximum Gasteiger partial charge on any atom is 0.287 e. The summed E-state index contributed by atoms with van der Waals surface area (Å²) in [6.07, 6.45) is 1.11. The van der Waals surface area contributed by atoms with Crippen molar-refractivity contribution in [2.45, 2.75) is 6.92 Å². The van der Waals surface area contributed by atoms with Crippen LogP contribution in [-0.4, -0.2) is 20.8 Å². The zero-order valence-electron chi connectivity index (χ0n) is 15.5. The number of aryl methyl sites for hydroxylation is 1. The van der Waals surface area contributed by atoms with Gasteiger partial charge >= 0.3 is 0 Å². The molecule has 0 fully saturated rings. The van der Waals surface area contributed by atoms with Gasteiger partial charge in [0, 0.05) is 17.0 Å². The van der Waals surface area contributed by atoms with Crippen molar-refractivity contribution in [1.29, 1.82) is 0 Å². The minimum Gasteiger partial charge on any atom is -0.307 e. The molecule has 0 aliphatic rings. The fourth-order valence-electron chi connectivity index (χ4n) is 3.07. The first kappa shape index (κ1) is 18.2. The fourth-order valence-corrected chi connectivity index (χ4v) is 3.07. The predicted molar refractivity (Wildman–Crippen MR) is 111 cm³/mol. The number of anilines is 1. The summed E-state index contributed by atoms with van der Waals surface area (Å²) < 4.78 is 0. The van der Waals surface area contributed by atoms with Gasteiger partial charge in [-0.25, -0.2) is 9.97 Å². The number of nitro groups is 1. The predicted octanol–water partition coefficient (Wildman–Crippen LogP) is 4.77. The molecule has 2 aromatic carbocycles. The Morgan fingerprint density at radius 2 is 1.86 bits per heavy atom. The third-order valence-electron chi connectivity index (χ3n) is 4.47. The number of aromatic nitrogens is 2. The van der Waals surface area contributed by atoms with Crippen molar-refractivity contribution in [3.05, 3.63) is 94.2 Å². The molecule has 1 N–H and O–H groups in total. The molecule has 0 saturated carbocycles. The standard InChI is InChI=1S/C22H16N4O3/c1-14-5-4-6-15(11-14)20-12-18(17-7-2-3-8-19(17)24-20)22(27)25-21-10-9-16(13-23-21)26(28)29/h2-13H,1H3,(H,23,25,27). The van der Waals surface area contributed by atoms with Gasteiger partial charge in [-0.1, -0.05) is 42.0 Å². The Labute approximate surface area is 166 Å². The third-order valence-corrected chi connectivity index (χ3v) is 4.47. The van der Waals surface area contributed by atoms with E-state index in [0.29, 0.717) is 22.2 Å². The number of hydrogen-bond donors (Lipinski definition) is 1. The van der Waals surface area contributed by atoms with Crippen LogP contribution in [0.3, 0.4) is 0 Å². The molecular formula is C22H16N4O3. The molecule has 0 atom stereocenters. The molecule has 4 aromatic rings. The highest BCUT2D eigenvalue weighted by molar-refractivity contribution is 6.12. The van der Waals surface area contributed by atoms with E-state index in [-0.39, 0.29) is 17.4 Å². The number of pyridine rings is 2. The Bertz CT molecular complexity index is 1240. The van der Waals surface area contributed by atoms with Gasteiger partial charge < -0.3 is 5.32 Å². The zero-order valence-corrected chi connectivity index (χ0v) is 15.5. The van der Waals surface area contributed by atoms with Gasteiger partial charge in [0.25, 0.3) is 11.6 Å². The smallest absolute Gasteiger partial charge is 0.287 e. The van der Waals surface area contributed by atoms with Crippen LogP contribution in [0.5, 0.6) is 0 Å². The number of amides is 1. The molecule has 0 saturated heterocycles. The quantitative estimate of drug-likeness (QED) is 0.404. The molecule has 2 aromatic heterocycles. The van der Waals surface area contributed by atoms with E-state index in [1.54, 1.807) is 6.07 Å². The van der Waals surface area contributed by atoms with Gasteiger partial charge in [0.15, 0.2) is 0 Å². The van der Waals surface area contributed by atoms with Crippen molar-refractivity contribution in [2.75, 3.05) is 5.32 Å². The van der Waals surface area contributed by atoms with Crippen molar-refractivity contribution in [1.82, 2.24) is 9.97 Å². The highest BCUT2D eigenvalue weighted by atomic mass is 16.6. The molecule has 1 amide bonds. The normalized spacial score (nSPS) is 10.7. The number of fused-ring (bicyclic) bond motifs is 1. The lowest BCUT2D eigenvalue weighted by Gasteiger charge is -2.10. The van der Waals surface area contributed by atoms with Crippen molar-refractivity contribution >= 4 is 28.3 Å². The molecule has 4 rings (SSSR count). The first-order valence-corrected chi connectivity index (χ1v) is 8.90. The summed E-state index contributed by atoms with van der Waals surface area (Å²) in [5.41, 5.74) is 3.71. The molecule has 29 heavy (non-hydrogen) atoms. The second-order valence-electron chi connectivity index (χ2n) is 6.55. The summed E-state index contributed by atoms with van der Waals surface area (Å²) in [7, 11) is 0. The van der Waals surface area contributed by atoms with Crippen molar-refractivity contribution in [3.63, 3.8) is 0 Å². The number of nitrogens with one attached hydrogen (secondary N) is 1. The van der Waals surface area contributed by atoms with E-state index in [2.05, 4.69) is 10.3 Å². The Morgan fingerprint density at radius 1 is 1.03 bits per heavy atom. The van der Waals surface area contributed by atoms with Crippen molar-refractivity contribution < 1.29 is 9.72 Å². The minimum absolute atomic E-state index is 0.140. The van der Waals surface area contributed by atoms with E-state index in [4.69, 9.17) is 4.98 Å². The van der Waals surface area contributed by atoms with Gasteiger partial charge in [-0.05, 0) is 31.2 Å². The van der Waals surface area contributed by atoms with Gasteiger partial charge in [-0.15, -0.1) is 0 Å². The number of rotatable bonds is 4. The van der Waals surface area contributed by atoms with E-state index in [1.165, 1.54) is 12.1 Å². The van der Waals surface area contributed by atoms with Gasteiger partial charge in [0.05, 0.1) is 21.7 Å². The molecule has 142 valence electrons. The molecule has 2 heterocycles. The van der Waals surface area contributed by atoms with Crippen molar-refractivity contribution in [3.8, 4) is 11.3 Å². The molecule has 0 radical (unpaired) electrons. The molecule has 0 spiro atoms. The van der Waals surface area contributed by atoms with E-state index in [1.807, 2.05) is 55.5 Å². The van der Waals surface area contributed by atoms with Gasteiger partial charge in [0.1, 0.15) is 12.0 Å². The maximum atomic E-state index is 13.0. The Kier molecular flexibility index (Phi) is 4.70. The van der Waals surface area contributed by atoms with E-state index < -0.39 is 4.92 Å². The highest BCUT2D eigenvalue weighted by Crippen LogP contribution is 2.26. The second-order valence-corrected chi connectivity index (χ2v) is 6.55. The summed E-state index contributed by atoms with van der Waals surface area (Å²) in [5, 5.41) is 14.2. The van der Waals surface area contributed by atoms with Crippen LogP contribution >= 0.6 is 0 Å². The molecule has 0 bridgehead atoms. The monoisotopic (exact) mass is 384 g/mol. The summed E-state index contributed by atoms with van der Waals surface area (Å²) in [4.78, 5) is 31.9. The fraction of sp³-hybridized carbons (Fsp3) is 0.0455. The summed E-state index contributed by atoms with van der Waals surface area (Å²) in [6, 6.07) is 19.8. The average Bonchev–Trinajstić information content (AvgIpc) is 2.73. The lowest BCUT2D eigenvalue weighted by Crippen LogP contribution is -2.14. The lowest BCUT2D eigenvalue weighted by atomic mass is 10.0. The minimum atomic E-state index is -0.539. The lowest BCUT2D eigenvalue weighted by molar-refractivity contribution is -0.385. The zero-order chi connectivity index (χ0) is 20.4. The van der Waals surface area contributed by atoms with Crippen LogP contribution in [0.1, 0.15) is 15.9 Å². The third kappa shape index (κ3) is 3.79. The summed E-state index contributed by atoms with van der Waals surface area (Å²) >= 11 is 0. The molecular weight excluding hydrogens is 368 g/mol. The van der Waals surface area contributed by atoms with Crippen LogP contribution in [0.4, 0.5) is 11.5 Å². The van der Waals surface area contributed by atoms with Crippen molar-refractivity contribution in [2.24, 2.45) is 0 Å². The van der Waals surface area contributed by atoms with E-state index in [9.17, 15) is 14.9 Å². The van der Waals surface area contributed by atoms with Crippen LogP contribution in [0.25, 0.3) is 22.2 Å². The molecule has 7 heteroatoms. The molecule has 0 aliphatic carbocycles. The SMILES string of the molecule is Cc1cccc(-c2cc(C(=O)Nc3ccc([N+](=O)[O-])cn3)c3ccccc3n2)c1.